The van der Waals surface area contributed by atoms with E-state index < -0.39 is 25.8 Å². The second-order valence-corrected chi connectivity index (χ2v) is 36.0. The Morgan fingerprint density at radius 1 is 0.200 bits per heavy atom. The molecule has 0 amide bonds. The van der Waals surface area contributed by atoms with Crippen LogP contribution in [0.15, 0.2) is 0 Å². The Balaban J connectivity index is 5.01. The average Bonchev–Trinajstić information content (AvgIpc) is 3.46. The van der Waals surface area contributed by atoms with Gasteiger partial charge in [0.25, 0.3) is 0 Å². The Morgan fingerprint density at radius 2 is 0.312 bits per heavy atom. The molecule has 80 heavy (non-hydrogen) atoms. The van der Waals surface area contributed by atoms with Crippen LogP contribution < -0.4 is 0 Å². The first-order valence-electron chi connectivity index (χ1n) is 37.6. The van der Waals surface area contributed by atoms with E-state index >= 15 is 0 Å². The highest BCUT2D eigenvalue weighted by molar-refractivity contribution is 6.73. The van der Waals surface area contributed by atoms with Crippen LogP contribution in [0, 0.1) is 0 Å². The van der Waals surface area contributed by atoms with Gasteiger partial charge in [0.15, 0.2) is 0 Å². The van der Waals surface area contributed by atoms with Crippen LogP contribution in [0.3, 0.4) is 0 Å². The van der Waals surface area contributed by atoms with Crippen molar-refractivity contribution in [1.29, 1.82) is 0 Å². The molecule has 5 nitrogen and oxygen atoms in total. The third-order valence-corrected chi connectivity index (χ3v) is 25.7. The normalized spacial score (nSPS) is 13.3. The van der Waals surface area contributed by atoms with E-state index in [1.54, 1.807) is 0 Å². The van der Waals surface area contributed by atoms with Crippen LogP contribution in [-0.2, 0) is 22.8 Å². The Labute approximate surface area is 508 Å². The molecule has 0 N–H and O–H groups in total. The van der Waals surface area contributed by atoms with E-state index in [-0.39, 0.29) is 0 Å². The molecule has 0 saturated heterocycles. The van der Waals surface area contributed by atoms with Gasteiger partial charge < -0.3 is 9.15 Å². The lowest BCUT2D eigenvalue weighted by molar-refractivity contribution is -0.207. The highest BCUT2D eigenvalue weighted by Crippen LogP contribution is 2.29. The molecule has 0 aromatic heterocycles. The topological polar surface area (TPSA) is 54.0 Å². The van der Waals surface area contributed by atoms with Crippen LogP contribution in [0.4, 0.5) is 0 Å². The zero-order chi connectivity index (χ0) is 58.1. The van der Waals surface area contributed by atoms with E-state index in [1.807, 2.05) is 0 Å². The van der Waals surface area contributed by atoms with Crippen molar-refractivity contribution in [2.75, 3.05) is 0 Å². The maximum atomic E-state index is 13.5. The summed E-state index contributed by atoms with van der Waals surface area (Å²) in [7, 11) is -7.38. The molecule has 0 aliphatic rings. The van der Waals surface area contributed by atoms with Crippen molar-refractivity contribution < 1.29 is 22.8 Å². The molecule has 2 atom stereocenters. The van der Waals surface area contributed by atoms with Crippen molar-refractivity contribution in [1.82, 2.24) is 0 Å². The Bertz CT molecular complexity index is 1090. The molecule has 0 aromatic rings. The summed E-state index contributed by atoms with van der Waals surface area (Å²) in [5, 5.41) is 0. The lowest BCUT2D eigenvalue weighted by Crippen LogP contribution is -2.39. The van der Waals surface area contributed by atoms with Crippen molar-refractivity contribution in [2.24, 2.45) is 0 Å². The van der Waals surface area contributed by atoms with Gasteiger partial charge in [-0.2, -0.15) is 0 Å². The lowest BCUT2D eigenvalue weighted by atomic mass is 10.0. The zero-order valence-electron chi connectivity index (χ0n) is 56.2. The summed E-state index contributed by atoms with van der Waals surface area (Å²) in [6.45, 7) is 13.9. The summed E-state index contributed by atoms with van der Waals surface area (Å²) in [5.74, 6) is 0. The summed E-state index contributed by atoms with van der Waals surface area (Å²) < 4.78 is 37.9. The molecule has 0 spiro atoms. The maximum Gasteiger partial charge on any atom is 0.833 e. The Morgan fingerprint density at radius 3 is 0.438 bits per heavy atom. The summed E-state index contributed by atoms with van der Waals surface area (Å²) >= 11 is 0. The van der Waals surface area contributed by atoms with E-state index in [0.29, 0.717) is 0 Å². The first kappa shape index (κ1) is 80.0. The van der Waals surface area contributed by atoms with E-state index in [9.17, 15) is 4.46 Å². The molecular formula is C72H150O5Si3. The molecule has 480 valence electrons. The molecule has 0 fully saturated rings. The number of rotatable bonds is 72. The van der Waals surface area contributed by atoms with E-state index in [1.165, 1.54) is 398 Å². The van der Waals surface area contributed by atoms with E-state index in [2.05, 4.69) is 40.8 Å². The van der Waals surface area contributed by atoms with Gasteiger partial charge in [-0.3, -0.25) is 13.6 Å². The lowest BCUT2D eigenvalue weighted by Gasteiger charge is -2.27. The predicted octanol–water partition coefficient (Wildman–Crippen LogP) is 27.7. The summed E-state index contributed by atoms with van der Waals surface area (Å²) in [6, 6.07) is 4.30. The summed E-state index contributed by atoms with van der Waals surface area (Å²) in [6.07, 6.45) is 85.6. The highest BCUT2D eigenvalue weighted by atomic mass is 28.4. The van der Waals surface area contributed by atoms with Gasteiger partial charge in [0, 0.05) is 0 Å². The van der Waals surface area contributed by atoms with Gasteiger partial charge >= 0.3 is 9.17 Å². The SMILES string of the molecule is CCCCCCCCCCCCCCCCCCC[Si](C)(CCCCCCCCCCCCCCCC)OO[Si](=O)OO[Si](C)(CCCCCCCCCCCCCCCC)CCCCCCCCCCCCCCCCCCC. The van der Waals surface area contributed by atoms with Crippen molar-refractivity contribution >= 4 is 25.8 Å². The molecule has 0 radical (unpaired) electrons. The predicted molar refractivity (Wildman–Crippen MR) is 362 cm³/mol. The van der Waals surface area contributed by atoms with Gasteiger partial charge in [-0.1, -0.05) is 426 Å². The van der Waals surface area contributed by atoms with Gasteiger partial charge in [-0.05, 0) is 37.3 Å². The fraction of sp³-hybridized carbons (Fsp3) is 1.00. The Hall–Kier alpha value is -0.0294. The van der Waals surface area contributed by atoms with Gasteiger partial charge in [0.05, 0.1) is 0 Å². The van der Waals surface area contributed by atoms with Crippen LogP contribution in [0.5, 0.6) is 0 Å². The van der Waals surface area contributed by atoms with E-state index in [0.717, 1.165) is 24.2 Å². The smallest absolute Gasteiger partial charge is 0.339 e. The van der Waals surface area contributed by atoms with Gasteiger partial charge in [0.2, 0.25) is 16.6 Å². The van der Waals surface area contributed by atoms with Gasteiger partial charge in [-0.25, -0.2) is 0 Å². The standard InChI is InChI=1S/C72H150O5Si3/c1-7-11-15-19-23-27-31-35-39-41-43-47-51-55-59-63-67-71-79(5,69-65-61-57-53-49-45-37-33-29-25-21-17-13-9-3)76-74-78(73)75-77-80(6,70-66-62-58-54-50-46-38-34-30-26-22-18-14-10-4)72-68-64-60-56-52-48-44-42-40-36-32-28-24-20-16-12-8-2/h7-72H2,1-6H3. The third-order valence-electron chi connectivity index (χ3n) is 18.4. The zero-order valence-corrected chi connectivity index (χ0v) is 59.2. The van der Waals surface area contributed by atoms with Crippen LogP contribution >= 0.6 is 0 Å². The minimum atomic E-state index is -2.92. The fourth-order valence-corrected chi connectivity index (χ4v) is 19.5. The minimum Gasteiger partial charge on any atom is -0.339 e. The van der Waals surface area contributed by atoms with Crippen LogP contribution in [0.25, 0.3) is 0 Å². The van der Waals surface area contributed by atoms with Crippen LogP contribution in [0.1, 0.15) is 426 Å². The number of hydrogen-bond donors (Lipinski definition) is 0. The number of hydrogen-bond acceptors (Lipinski definition) is 5. The molecule has 0 saturated carbocycles. The van der Waals surface area contributed by atoms with E-state index in [4.69, 9.17) is 18.3 Å². The quantitative estimate of drug-likeness (QED) is 0.0263. The second-order valence-electron chi connectivity index (χ2n) is 27.0. The van der Waals surface area contributed by atoms with Crippen LogP contribution in [0.2, 0.25) is 37.3 Å². The third kappa shape index (κ3) is 62.5. The number of unbranched alkanes of at least 4 members (excludes halogenated alkanes) is 58. The summed E-state index contributed by atoms with van der Waals surface area (Å²) in [4.78, 5) is 0. The van der Waals surface area contributed by atoms with Crippen LogP contribution in [-0.4, -0.2) is 25.8 Å². The van der Waals surface area contributed by atoms with Crippen molar-refractivity contribution in [3.8, 4) is 0 Å². The maximum absolute atomic E-state index is 13.5. The first-order chi connectivity index (χ1) is 39.3. The average molecular weight is 1180 g/mol. The molecule has 2 unspecified atom stereocenters. The molecule has 0 aromatic carbocycles. The molecule has 8 heteroatoms. The molecular weight excluding hydrogens is 1030 g/mol. The van der Waals surface area contributed by atoms with Crippen molar-refractivity contribution in [3.05, 3.63) is 0 Å². The molecule has 0 heterocycles. The monoisotopic (exact) mass is 1180 g/mol. The fourth-order valence-electron chi connectivity index (χ4n) is 12.5. The first-order valence-corrected chi connectivity index (χ1v) is 44.5. The highest BCUT2D eigenvalue weighted by Gasteiger charge is 2.36. The van der Waals surface area contributed by atoms with Gasteiger partial charge in [-0.15, -0.1) is 0 Å². The molecule has 0 aliphatic carbocycles. The van der Waals surface area contributed by atoms with Crippen molar-refractivity contribution in [3.63, 3.8) is 0 Å². The second kappa shape index (κ2) is 66.5. The molecule has 0 rings (SSSR count). The molecule has 0 aliphatic heterocycles. The summed E-state index contributed by atoms with van der Waals surface area (Å²) in [5.41, 5.74) is 0. The van der Waals surface area contributed by atoms with Crippen molar-refractivity contribution in [2.45, 2.75) is 463 Å². The molecule has 0 bridgehead atoms. The minimum absolute atomic E-state index is 1.07. The Kier molecular flexibility index (Phi) is 66.5. The van der Waals surface area contributed by atoms with Gasteiger partial charge in [0.1, 0.15) is 0 Å². The largest absolute Gasteiger partial charge is 0.833 e.